The maximum atomic E-state index is 13.3. The number of ether oxygens (including phenoxy) is 4. The van der Waals surface area contributed by atoms with Crippen LogP contribution >= 0.6 is 0 Å². The molecule has 1 spiro atoms. The Hall–Kier alpha value is -3.64. The summed E-state index contributed by atoms with van der Waals surface area (Å²) in [6, 6.07) is 1.84. The van der Waals surface area contributed by atoms with Crippen molar-refractivity contribution in [2.24, 2.45) is 5.92 Å². The summed E-state index contributed by atoms with van der Waals surface area (Å²) in [5.41, 5.74) is -0.00815. The Morgan fingerprint density at radius 2 is 1.86 bits per heavy atom. The topological polar surface area (TPSA) is 153 Å². The normalized spacial score (nSPS) is 28.4. The van der Waals surface area contributed by atoms with E-state index in [1.807, 2.05) is 33.0 Å². The van der Waals surface area contributed by atoms with E-state index < -0.39 is 53.2 Å². The van der Waals surface area contributed by atoms with Crippen LogP contribution in [0.2, 0.25) is 0 Å². The van der Waals surface area contributed by atoms with Gasteiger partial charge in [-0.1, -0.05) is 19.9 Å². The number of carbonyl (C=O) groups excluding carboxylic acids is 4. The zero-order valence-electron chi connectivity index (χ0n) is 26.4. The summed E-state index contributed by atoms with van der Waals surface area (Å²) < 4.78 is 23.3. The maximum absolute atomic E-state index is 13.3. The fourth-order valence-electron chi connectivity index (χ4n) is 7.43. The van der Waals surface area contributed by atoms with E-state index in [4.69, 9.17) is 18.9 Å². The third-order valence-corrected chi connectivity index (χ3v) is 9.51. The molecule has 2 heterocycles. The maximum Gasteiger partial charge on any atom is 0.352 e. The van der Waals surface area contributed by atoms with E-state index >= 15 is 0 Å². The minimum atomic E-state index is -1.30. The highest BCUT2D eigenvalue weighted by Crippen LogP contribution is 2.65. The quantitative estimate of drug-likeness (QED) is 0.331. The van der Waals surface area contributed by atoms with Gasteiger partial charge in [-0.2, -0.15) is 0 Å². The van der Waals surface area contributed by atoms with Gasteiger partial charge in [-0.05, 0) is 70.3 Å². The summed E-state index contributed by atoms with van der Waals surface area (Å²) >= 11 is 0. The fourth-order valence-corrected chi connectivity index (χ4v) is 7.43. The number of likely N-dealkylation sites (N-methyl/N-ethyl adjacent to an activating group) is 1. The lowest BCUT2D eigenvalue weighted by atomic mass is 9.50. The first-order chi connectivity index (χ1) is 20.7. The van der Waals surface area contributed by atoms with Gasteiger partial charge in [-0.3, -0.25) is 9.59 Å². The molecule has 1 saturated heterocycles. The Balaban J connectivity index is 1.30. The van der Waals surface area contributed by atoms with Crippen LogP contribution in [0.25, 0.3) is 0 Å². The van der Waals surface area contributed by atoms with E-state index in [1.54, 1.807) is 13.2 Å². The molecular weight excluding hydrogens is 570 g/mol. The van der Waals surface area contributed by atoms with E-state index in [-0.39, 0.29) is 30.0 Å². The van der Waals surface area contributed by atoms with Crippen molar-refractivity contribution < 1.29 is 43.2 Å². The van der Waals surface area contributed by atoms with Crippen LogP contribution in [0.3, 0.4) is 0 Å². The largest absolute Gasteiger partial charge is 0.493 e. The highest BCUT2D eigenvalue weighted by atomic mass is 16.6. The molecule has 2 amide bonds. The van der Waals surface area contributed by atoms with Crippen LogP contribution in [0, 0.1) is 5.92 Å². The van der Waals surface area contributed by atoms with Crippen LogP contribution in [0.5, 0.6) is 11.5 Å². The predicted molar refractivity (Wildman–Crippen MR) is 158 cm³/mol. The molecule has 3 N–H and O–H groups in total. The van der Waals surface area contributed by atoms with Crippen molar-refractivity contribution in [3.63, 3.8) is 0 Å². The highest BCUT2D eigenvalue weighted by Gasteiger charge is 2.72. The summed E-state index contributed by atoms with van der Waals surface area (Å²) in [5, 5.41) is 17.5. The van der Waals surface area contributed by atoms with Crippen molar-refractivity contribution in [3.8, 4) is 11.5 Å². The molecule has 7 atom stereocenters. The lowest BCUT2D eigenvalue weighted by Crippen LogP contribution is -2.74. The molecule has 1 aromatic rings. The number of carbonyl (C=O) groups is 4. The van der Waals surface area contributed by atoms with Crippen LogP contribution < -0.4 is 20.1 Å². The number of esters is 2. The molecule has 0 aromatic heterocycles. The number of nitrogens with zero attached hydrogens (tertiary/aromatic N) is 1. The summed E-state index contributed by atoms with van der Waals surface area (Å²) in [7, 11) is 3.58. The number of aliphatic hydroxyl groups is 1. The molecule has 0 saturated carbocycles. The molecule has 12 nitrogen and oxygen atoms in total. The van der Waals surface area contributed by atoms with Crippen LogP contribution in [0.15, 0.2) is 24.0 Å². The summed E-state index contributed by atoms with van der Waals surface area (Å²) in [6.45, 7) is 8.71. The van der Waals surface area contributed by atoms with Gasteiger partial charge in [0.2, 0.25) is 11.8 Å². The van der Waals surface area contributed by atoms with Gasteiger partial charge in [-0.15, -0.1) is 0 Å². The van der Waals surface area contributed by atoms with Gasteiger partial charge in [0.25, 0.3) is 0 Å². The van der Waals surface area contributed by atoms with Crippen LogP contribution in [-0.2, 0) is 40.5 Å². The van der Waals surface area contributed by atoms with Crippen molar-refractivity contribution in [2.75, 3.05) is 20.7 Å². The second-order valence-corrected chi connectivity index (χ2v) is 12.9. The van der Waals surface area contributed by atoms with Gasteiger partial charge < -0.3 is 39.6 Å². The van der Waals surface area contributed by atoms with Gasteiger partial charge in [0.15, 0.2) is 23.7 Å². The predicted octanol–water partition coefficient (Wildman–Crippen LogP) is 1.50. The van der Waals surface area contributed by atoms with Gasteiger partial charge in [0.05, 0.1) is 18.1 Å². The van der Waals surface area contributed by atoms with Crippen LogP contribution in [-0.4, -0.2) is 90.4 Å². The molecule has 7 unspecified atom stereocenters. The van der Waals surface area contributed by atoms with Gasteiger partial charge in [0.1, 0.15) is 17.8 Å². The highest BCUT2D eigenvalue weighted by molar-refractivity contribution is 5.90. The van der Waals surface area contributed by atoms with E-state index in [9.17, 15) is 24.3 Å². The van der Waals surface area contributed by atoms with E-state index in [2.05, 4.69) is 15.5 Å². The smallest absolute Gasteiger partial charge is 0.352 e. The Morgan fingerprint density at radius 3 is 2.52 bits per heavy atom. The number of likely N-dealkylation sites (tertiary alicyclic amines) is 1. The van der Waals surface area contributed by atoms with Gasteiger partial charge >= 0.3 is 11.9 Å². The van der Waals surface area contributed by atoms with Gasteiger partial charge in [-0.25, -0.2) is 9.59 Å². The first kappa shape index (κ1) is 31.8. The summed E-state index contributed by atoms with van der Waals surface area (Å²) in [5.74, 6) is -1.05. The molecule has 12 heteroatoms. The average Bonchev–Trinajstić information content (AvgIpc) is 3.31. The van der Waals surface area contributed by atoms with E-state index in [1.165, 1.54) is 20.8 Å². The van der Waals surface area contributed by atoms with Crippen molar-refractivity contribution in [2.45, 2.75) is 102 Å². The molecule has 44 heavy (non-hydrogen) atoms. The number of hydrogen-bond acceptors (Lipinski definition) is 10. The number of nitrogens with one attached hydrogen (secondary N) is 2. The van der Waals surface area contributed by atoms with Crippen LogP contribution in [0.4, 0.5) is 0 Å². The number of methoxy groups -OCH3 is 1. The first-order valence-electron chi connectivity index (χ1n) is 15.2. The number of benzene rings is 1. The molecule has 1 fully saturated rings. The number of amides is 2. The zero-order chi connectivity index (χ0) is 32.1. The van der Waals surface area contributed by atoms with E-state index in [0.717, 1.165) is 17.7 Å². The minimum absolute atomic E-state index is 0.123. The molecule has 5 rings (SSSR count). The van der Waals surface area contributed by atoms with Crippen molar-refractivity contribution in [3.05, 3.63) is 35.1 Å². The molecule has 2 aliphatic heterocycles. The minimum Gasteiger partial charge on any atom is -0.493 e. The average molecular weight is 614 g/mol. The van der Waals surface area contributed by atoms with Crippen LogP contribution in [0.1, 0.15) is 65.0 Å². The number of hydrogen-bond donors (Lipinski definition) is 3. The zero-order valence-corrected chi connectivity index (χ0v) is 26.4. The fraction of sp³-hybridized carbons (Fsp3) is 0.625. The molecule has 1 aromatic carbocycles. The molecule has 0 radical (unpaired) electrons. The molecule has 2 aliphatic carbocycles. The second kappa shape index (κ2) is 11.7. The second-order valence-electron chi connectivity index (χ2n) is 12.9. The lowest BCUT2D eigenvalue weighted by Gasteiger charge is -2.61. The Labute approximate surface area is 257 Å². The number of piperidine rings is 1. The lowest BCUT2D eigenvalue weighted by molar-refractivity contribution is -0.176. The Morgan fingerprint density at radius 1 is 1.14 bits per heavy atom. The third-order valence-electron chi connectivity index (χ3n) is 9.51. The van der Waals surface area contributed by atoms with Crippen molar-refractivity contribution >= 4 is 23.8 Å². The molecular formula is C32H43N3O9. The third kappa shape index (κ3) is 5.11. The Kier molecular flexibility index (Phi) is 8.45. The molecule has 4 aliphatic rings. The first-order valence-corrected chi connectivity index (χ1v) is 15.2. The van der Waals surface area contributed by atoms with Crippen molar-refractivity contribution in [1.82, 2.24) is 15.5 Å². The summed E-state index contributed by atoms with van der Waals surface area (Å²) in [6.07, 6.45) is 1.51. The SMILES string of the molecule is COc1ccc2c3c1OC1C(OC(=O)C(C)OC(=O)C(C)NC(=O)C(CC(C)C)NC(C)=O)=CCC4(O)C(C2)N(C)CCC314. The standard InChI is InChI=1S/C32H43N3O9/c1-16(2)14-21(34-19(5)36)28(37)33-17(3)29(38)42-18(4)30(39)43-23-10-11-32(40)24-15-20-8-9-22(41-7)26-25(20)31(32,27(23)44-26)12-13-35(24)6/h8-10,16-18,21,24,27,40H,11-15H2,1-7H3,(H,33,37)(H,34,36). The Bertz CT molecular complexity index is 1390. The van der Waals surface area contributed by atoms with Crippen molar-refractivity contribution in [1.29, 1.82) is 0 Å². The van der Waals surface area contributed by atoms with Gasteiger partial charge in [0, 0.05) is 24.9 Å². The molecule has 240 valence electrons. The summed E-state index contributed by atoms with van der Waals surface area (Å²) in [4.78, 5) is 52.6. The monoisotopic (exact) mass is 613 g/mol. The van der Waals surface area contributed by atoms with E-state index in [0.29, 0.717) is 30.8 Å². The number of rotatable bonds is 10. The molecule has 2 bridgehead atoms.